The van der Waals surface area contributed by atoms with Crippen molar-refractivity contribution in [2.24, 2.45) is 5.92 Å². The molecule has 0 aromatic heterocycles. The van der Waals surface area contributed by atoms with Crippen LogP contribution < -0.4 is 4.74 Å². The van der Waals surface area contributed by atoms with Gasteiger partial charge >= 0.3 is 0 Å². The third-order valence-electron chi connectivity index (χ3n) is 6.01. The van der Waals surface area contributed by atoms with E-state index in [0.717, 1.165) is 57.4 Å². The Morgan fingerprint density at radius 2 is 1.90 bits per heavy atom. The Hall–Kier alpha value is -2.60. The fourth-order valence-corrected chi connectivity index (χ4v) is 4.41. The van der Waals surface area contributed by atoms with E-state index in [2.05, 4.69) is 4.90 Å². The van der Waals surface area contributed by atoms with E-state index in [9.17, 15) is 14.3 Å². The van der Waals surface area contributed by atoms with Crippen molar-refractivity contribution in [1.82, 2.24) is 9.80 Å². The Labute approximate surface area is 177 Å². The number of rotatable bonds is 6. The largest absolute Gasteiger partial charge is 0.505 e. The van der Waals surface area contributed by atoms with E-state index in [0.29, 0.717) is 30.4 Å². The maximum Gasteiger partial charge on any atom is 0.257 e. The molecule has 0 saturated carbocycles. The van der Waals surface area contributed by atoms with Gasteiger partial charge in [-0.15, -0.1) is 0 Å². The fourth-order valence-electron chi connectivity index (χ4n) is 4.41. The van der Waals surface area contributed by atoms with Crippen molar-refractivity contribution in [3.8, 4) is 11.5 Å². The van der Waals surface area contributed by atoms with Gasteiger partial charge < -0.3 is 14.7 Å². The molecular formula is C24H29FN2O3. The number of carbonyl (C=O) groups excluding carboxylic acids is 1. The van der Waals surface area contributed by atoms with Gasteiger partial charge in [-0.25, -0.2) is 4.39 Å². The zero-order chi connectivity index (χ0) is 20.9. The summed E-state index contributed by atoms with van der Waals surface area (Å²) in [6.45, 7) is 4.68. The second-order valence-electron chi connectivity index (χ2n) is 8.34. The molecule has 160 valence electrons. The van der Waals surface area contributed by atoms with Gasteiger partial charge in [0.2, 0.25) is 0 Å². The Kier molecular flexibility index (Phi) is 6.53. The summed E-state index contributed by atoms with van der Waals surface area (Å²) in [5.41, 5.74) is 1.50. The number of halogens is 1. The highest BCUT2D eigenvalue weighted by Crippen LogP contribution is 2.25. The lowest BCUT2D eigenvalue weighted by Gasteiger charge is -2.32. The third-order valence-corrected chi connectivity index (χ3v) is 6.01. The molecule has 1 atom stereocenters. The minimum Gasteiger partial charge on any atom is -0.505 e. The molecule has 0 aliphatic carbocycles. The molecular weight excluding hydrogens is 383 g/mol. The number of ether oxygens (including phenoxy) is 1. The first-order valence-electron chi connectivity index (χ1n) is 10.8. The molecule has 2 aromatic carbocycles. The number of para-hydroxylation sites is 1. The lowest BCUT2D eigenvalue weighted by molar-refractivity contribution is 0.0784. The lowest BCUT2D eigenvalue weighted by atomic mass is 9.98. The van der Waals surface area contributed by atoms with Crippen molar-refractivity contribution in [3.05, 3.63) is 59.4 Å². The van der Waals surface area contributed by atoms with Crippen LogP contribution in [0.2, 0.25) is 0 Å². The van der Waals surface area contributed by atoms with Gasteiger partial charge in [0.05, 0.1) is 12.2 Å². The summed E-state index contributed by atoms with van der Waals surface area (Å²) in [5.74, 6) is 0.181. The molecule has 2 aromatic rings. The van der Waals surface area contributed by atoms with Crippen molar-refractivity contribution in [1.29, 1.82) is 0 Å². The molecule has 2 aliphatic rings. The topological polar surface area (TPSA) is 53.0 Å². The summed E-state index contributed by atoms with van der Waals surface area (Å²) in [5, 5.41) is 9.37. The highest BCUT2D eigenvalue weighted by Gasteiger charge is 2.24. The van der Waals surface area contributed by atoms with E-state index in [1.54, 1.807) is 6.07 Å². The first-order valence-corrected chi connectivity index (χ1v) is 10.8. The Morgan fingerprint density at radius 1 is 1.10 bits per heavy atom. The van der Waals surface area contributed by atoms with Crippen LogP contribution in [0.25, 0.3) is 0 Å². The van der Waals surface area contributed by atoms with Gasteiger partial charge in [-0.1, -0.05) is 18.2 Å². The van der Waals surface area contributed by atoms with Crippen molar-refractivity contribution in [3.63, 3.8) is 0 Å². The number of likely N-dealkylation sites (tertiary alicyclic amines) is 2. The van der Waals surface area contributed by atoms with Crippen molar-refractivity contribution < 1.29 is 19.0 Å². The molecule has 0 bridgehead atoms. The minimum absolute atomic E-state index is 0.0581. The molecule has 2 heterocycles. The number of phenols is 1. The monoisotopic (exact) mass is 412 g/mol. The van der Waals surface area contributed by atoms with Crippen LogP contribution in [-0.2, 0) is 6.54 Å². The van der Waals surface area contributed by atoms with Crippen molar-refractivity contribution in [2.75, 3.05) is 32.8 Å². The van der Waals surface area contributed by atoms with Gasteiger partial charge in [0.1, 0.15) is 5.75 Å². The summed E-state index contributed by atoms with van der Waals surface area (Å²) in [6, 6.07) is 12.1. The van der Waals surface area contributed by atoms with Gasteiger partial charge in [0.25, 0.3) is 5.91 Å². The van der Waals surface area contributed by atoms with Crippen LogP contribution in [-0.4, -0.2) is 53.6 Å². The Morgan fingerprint density at radius 3 is 2.70 bits per heavy atom. The van der Waals surface area contributed by atoms with E-state index in [1.165, 1.54) is 12.1 Å². The van der Waals surface area contributed by atoms with Gasteiger partial charge in [-0.3, -0.25) is 9.69 Å². The number of amides is 1. The van der Waals surface area contributed by atoms with Crippen LogP contribution >= 0.6 is 0 Å². The van der Waals surface area contributed by atoms with E-state index in [4.69, 9.17) is 4.74 Å². The SMILES string of the molecule is O=C(c1ccccc1OCC1CCCN(Cc2ccc(O)c(F)c2)C1)N1CCCC1. The van der Waals surface area contributed by atoms with Gasteiger partial charge in [0, 0.05) is 32.1 Å². The second kappa shape index (κ2) is 9.47. The molecule has 2 saturated heterocycles. The summed E-state index contributed by atoms with van der Waals surface area (Å²) in [7, 11) is 0. The predicted molar refractivity (Wildman–Crippen MR) is 113 cm³/mol. The third kappa shape index (κ3) is 4.93. The maximum atomic E-state index is 13.6. The zero-order valence-corrected chi connectivity index (χ0v) is 17.2. The number of aromatic hydroxyl groups is 1. The van der Waals surface area contributed by atoms with Gasteiger partial charge in [-0.05, 0) is 62.1 Å². The van der Waals surface area contributed by atoms with Gasteiger partial charge in [-0.2, -0.15) is 0 Å². The Balaban J connectivity index is 1.35. The van der Waals surface area contributed by atoms with Crippen LogP contribution in [0.3, 0.4) is 0 Å². The van der Waals surface area contributed by atoms with Crippen molar-refractivity contribution in [2.45, 2.75) is 32.2 Å². The number of hydrogen-bond acceptors (Lipinski definition) is 4. The van der Waals surface area contributed by atoms with E-state index in [-0.39, 0.29) is 11.7 Å². The molecule has 30 heavy (non-hydrogen) atoms. The molecule has 2 aliphatic heterocycles. The lowest BCUT2D eigenvalue weighted by Crippen LogP contribution is -2.37. The molecule has 2 fully saturated rings. The van der Waals surface area contributed by atoms with Crippen molar-refractivity contribution >= 4 is 5.91 Å². The number of carbonyl (C=O) groups is 1. The summed E-state index contributed by atoms with van der Waals surface area (Å²) < 4.78 is 19.7. The number of nitrogens with zero attached hydrogens (tertiary/aromatic N) is 2. The summed E-state index contributed by atoms with van der Waals surface area (Å²) in [6.07, 6.45) is 4.26. The van der Waals surface area contributed by atoms with Crippen LogP contribution in [0.1, 0.15) is 41.6 Å². The average molecular weight is 413 g/mol. The van der Waals surface area contributed by atoms with Gasteiger partial charge in [0.15, 0.2) is 11.6 Å². The number of hydrogen-bond donors (Lipinski definition) is 1. The molecule has 0 spiro atoms. The quantitative estimate of drug-likeness (QED) is 0.778. The molecule has 1 N–H and O–H groups in total. The molecule has 5 nitrogen and oxygen atoms in total. The predicted octanol–water partition coefficient (Wildman–Crippen LogP) is 4.06. The highest BCUT2D eigenvalue weighted by molar-refractivity contribution is 5.97. The van der Waals surface area contributed by atoms with Crippen LogP contribution in [0.15, 0.2) is 42.5 Å². The van der Waals surface area contributed by atoms with Crippen LogP contribution in [0.4, 0.5) is 4.39 Å². The molecule has 1 amide bonds. The molecule has 1 unspecified atom stereocenters. The Bertz CT molecular complexity index is 883. The standard InChI is InChI=1S/C24H29FN2O3/c25-21-14-18(9-10-22(21)28)15-26-11-5-6-19(16-26)17-30-23-8-2-1-7-20(23)24(29)27-12-3-4-13-27/h1-2,7-10,14,19,28H,3-6,11-13,15-17H2. The number of phenolic OH excluding ortho intramolecular Hbond substituents is 1. The van der Waals surface area contributed by atoms with Crippen LogP contribution in [0, 0.1) is 11.7 Å². The zero-order valence-electron chi connectivity index (χ0n) is 17.2. The minimum atomic E-state index is -0.580. The normalized spacial score (nSPS) is 19.8. The highest BCUT2D eigenvalue weighted by atomic mass is 19.1. The second-order valence-corrected chi connectivity index (χ2v) is 8.34. The number of piperidine rings is 1. The van der Waals surface area contributed by atoms with E-state index < -0.39 is 5.82 Å². The van der Waals surface area contributed by atoms with Crippen LogP contribution in [0.5, 0.6) is 11.5 Å². The summed E-state index contributed by atoms with van der Waals surface area (Å²) in [4.78, 5) is 17.0. The molecule has 0 radical (unpaired) electrons. The fraction of sp³-hybridized carbons (Fsp3) is 0.458. The number of benzene rings is 2. The van der Waals surface area contributed by atoms with E-state index >= 15 is 0 Å². The summed E-state index contributed by atoms with van der Waals surface area (Å²) >= 11 is 0. The first kappa shape index (κ1) is 20.7. The maximum absolute atomic E-state index is 13.6. The molecule has 6 heteroatoms. The smallest absolute Gasteiger partial charge is 0.257 e. The first-order chi connectivity index (χ1) is 14.6. The van der Waals surface area contributed by atoms with E-state index in [1.807, 2.05) is 29.2 Å². The average Bonchev–Trinajstić information content (AvgIpc) is 3.30. The molecule has 4 rings (SSSR count).